The molecule has 0 bridgehead atoms. The monoisotopic (exact) mass is 261 g/mol. The average Bonchev–Trinajstić information content (AvgIpc) is 2.43. The molecule has 1 nitrogen and oxygen atoms in total. The molecule has 2 heteroatoms. The molecule has 0 fully saturated rings. The van der Waals surface area contributed by atoms with Crippen LogP contribution in [0.25, 0.3) is 0 Å². The van der Waals surface area contributed by atoms with Gasteiger partial charge in [0.15, 0.2) is 0 Å². The fraction of sp³-hybridized carbons (Fsp3) is 0.375. The quantitative estimate of drug-likeness (QED) is 0.701. The maximum Gasteiger partial charge on any atom is 0.0310 e. The topological polar surface area (TPSA) is 26.0 Å². The summed E-state index contributed by atoms with van der Waals surface area (Å²) < 4.78 is 0. The summed E-state index contributed by atoms with van der Waals surface area (Å²) in [6.07, 6.45) is 17.2. The van der Waals surface area contributed by atoms with Crippen LogP contribution in [-0.2, 0) is 0 Å². The largest absolute Gasteiger partial charge is 0.399 e. The lowest BCUT2D eigenvalue weighted by Gasteiger charge is -2.14. The molecule has 0 aromatic heterocycles. The van der Waals surface area contributed by atoms with Gasteiger partial charge in [-0.2, -0.15) is 0 Å². The second-order valence-electron chi connectivity index (χ2n) is 4.29. The predicted octanol–water partition coefficient (Wildman–Crippen LogP) is 4.71. The molecule has 0 atom stereocenters. The molecule has 0 unspecified atom stereocenters. The SMILES string of the molecule is C=C/C(N)=C\C(=C/C)CCC1=CCCC=C1SC. The molecule has 0 saturated heterocycles. The van der Waals surface area contributed by atoms with Gasteiger partial charge in [0.05, 0.1) is 0 Å². The highest BCUT2D eigenvalue weighted by Crippen LogP contribution is 2.31. The van der Waals surface area contributed by atoms with Crippen molar-refractivity contribution in [1.29, 1.82) is 0 Å². The maximum atomic E-state index is 5.78. The summed E-state index contributed by atoms with van der Waals surface area (Å²) in [5.74, 6) is 0. The van der Waals surface area contributed by atoms with Crippen molar-refractivity contribution in [1.82, 2.24) is 0 Å². The molecule has 0 spiro atoms. The van der Waals surface area contributed by atoms with Gasteiger partial charge >= 0.3 is 0 Å². The van der Waals surface area contributed by atoms with Crippen molar-refractivity contribution >= 4 is 11.8 Å². The lowest BCUT2D eigenvalue weighted by molar-refractivity contribution is 0.915. The molecule has 0 aromatic rings. The van der Waals surface area contributed by atoms with Crippen LogP contribution in [0, 0.1) is 0 Å². The number of hydrogen-bond acceptors (Lipinski definition) is 2. The minimum atomic E-state index is 0.737. The van der Waals surface area contributed by atoms with Crippen LogP contribution in [0.4, 0.5) is 0 Å². The van der Waals surface area contributed by atoms with E-state index in [1.165, 1.54) is 28.9 Å². The Morgan fingerprint density at radius 1 is 1.44 bits per heavy atom. The summed E-state index contributed by atoms with van der Waals surface area (Å²) in [4.78, 5) is 1.44. The summed E-state index contributed by atoms with van der Waals surface area (Å²) in [6.45, 7) is 5.74. The summed E-state index contributed by atoms with van der Waals surface area (Å²) in [6, 6.07) is 0. The first-order valence-electron chi connectivity index (χ1n) is 6.39. The predicted molar refractivity (Wildman–Crippen MR) is 84.4 cm³/mol. The Hall–Kier alpha value is -1.15. The van der Waals surface area contributed by atoms with Gasteiger partial charge in [0.2, 0.25) is 0 Å². The second-order valence-corrected chi connectivity index (χ2v) is 5.14. The number of nitrogens with two attached hydrogens (primary N) is 1. The molecule has 1 aliphatic carbocycles. The van der Waals surface area contributed by atoms with E-state index in [0.29, 0.717) is 0 Å². The molecule has 0 radical (unpaired) electrons. The van der Waals surface area contributed by atoms with E-state index in [9.17, 15) is 0 Å². The van der Waals surface area contributed by atoms with E-state index < -0.39 is 0 Å². The van der Waals surface area contributed by atoms with Crippen molar-refractivity contribution in [2.75, 3.05) is 6.26 Å². The van der Waals surface area contributed by atoms with E-state index in [1.807, 2.05) is 17.8 Å². The average molecular weight is 261 g/mol. The Bertz CT molecular complexity index is 411. The molecule has 0 heterocycles. The first-order chi connectivity index (χ1) is 8.71. The highest BCUT2D eigenvalue weighted by atomic mass is 32.2. The Labute approximate surface area is 115 Å². The molecular weight excluding hydrogens is 238 g/mol. The van der Waals surface area contributed by atoms with Crippen LogP contribution in [0.2, 0.25) is 0 Å². The lowest BCUT2D eigenvalue weighted by Crippen LogP contribution is -1.96. The van der Waals surface area contributed by atoms with Crippen molar-refractivity contribution in [3.63, 3.8) is 0 Å². The van der Waals surface area contributed by atoms with E-state index in [4.69, 9.17) is 5.73 Å². The second kappa shape index (κ2) is 8.04. The molecule has 0 saturated carbocycles. The summed E-state index contributed by atoms with van der Waals surface area (Å²) in [5.41, 5.74) is 9.28. The molecule has 98 valence electrons. The van der Waals surface area contributed by atoms with Gasteiger partial charge in [-0.25, -0.2) is 0 Å². The first kappa shape index (κ1) is 14.9. The third kappa shape index (κ3) is 4.61. The molecule has 2 N–H and O–H groups in total. The van der Waals surface area contributed by atoms with Crippen LogP contribution in [0.1, 0.15) is 32.6 Å². The first-order valence-corrected chi connectivity index (χ1v) is 7.62. The van der Waals surface area contributed by atoms with Crippen LogP contribution >= 0.6 is 11.8 Å². The Kier molecular flexibility index (Phi) is 6.66. The molecule has 0 aliphatic heterocycles. The minimum absolute atomic E-state index is 0.737. The van der Waals surface area contributed by atoms with Crippen LogP contribution in [0.5, 0.6) is 0 Å². The molecule has 0 aromatic carbocycles. The zero-order valence-electron chi connectivity index (χ0n) is 11.4. The summed E-state index contributed by atoms with van der Waals surface area (Å²) >= 11 is 1.85. The van der Waals surface area contributed by atoms with Gasteiger partial charge in [0, 0.05) is 10.6 Å². The van der Waals surface area contributed by atoms with E-state index in [2.05, 4.69) is 38.0 Å². The third-order valence-corrected chi connectivity index (χ3v) is 3.93. The van der Waals surface area contributed by atoms with Gasteiger partial charge in [0.25, 0.3) is 0 Å². The van der Waals surface area contributed by atoms with Gasteiger partial charge in [-0.15, -0.1) is 11.8 Å². The van der Waals surface area contributed by atoms with Crippen LogP contribution in [0.3, 0.4) is 0 Å². The molecule has 0 amide bonds. The van der Waals surface area contributed by atoms with Crippen molar-refractivity contribution in [2.45, 2.75) is 32.6 Å². The molecule has 1 rings (SSSR count). The highest BCUT2D eigenvalue weighted by molar-refractivity contribution is 8.02. The smallest absolute Gasteiger partial charge is 0.0310 e. The van der Waals surface area contributed by atoms with E-state index in [-0.39, 0.29) is 0 Å². The van der Waals surface area contributed by atoms with E-state index in [1.54, 1.807) is 6.08 Å². The third-order valence-electron chi connectivity index (χ3n) is 3.07. The van der Waals surface area contributed by atoms with Gasteiger partial charge < -0.3 is 5.73 Å². The molecular formula is C16H23NS. The zero-order valence-corrected chi connectivity index (χ0v) is 12.2. The highest BCUT2D eigenvalue weighted by Gasteiger charge is 2.08. The Morgan fingerprint density at radius 2 is 2.17 bits per heavy atom. The summed E-state index contributed by atoms with van der Waals surface area (Å²) in [5, 5.41) is 0. The zero-order chi connectivity index (χ0) is 13.4. The number of allylic oxidation sites excluding steroid dienone is 7. The molecule has 1 aliphatic rings. The fourth-order valence-corrected chi connectivity index (χ4v) is 2.73. The number of rotatable bonds is 6. The fourth-order valence-electron chi connectivity index (χ4n) is 2.00. The number of thioether (sulfide) groups is 1. The van der Waals surface area contributed by atoms with Crippen molar-refractivity contribution in [3.05, 3.63) is 58.7 Å². The summed E-state index contributed by atoms with van der Waals surface area (Å²) in [7, 11) is 0. The van der Waals surface area contributed by atoms with Gasteiger partial charge in [0.1, 0.15) is 0 Å². The van der Waals surface area contributed by atoms with Crippen molar-refractivity contribution in [3.8, 4) is 0 Å². The molecule has 18 heavy (non-hydrogen) atoms. The van der Waals surface area contributed by atoms with Gasteiger partial charge in [-0.1, -0.05) is 24.8 Å². The van der Waals surface area contributed by atoms with Crippen molar-refractivity contribution < 1.29 is 0 Å². The Balaban J connectivity index is 2.61. The maximum absolute atomic E-state index is 5.78. The lowest BCUT2D eigenvalue weighted by atomic mass is 9.99. The standard InChI is InChI=1S/C16H23NS/c1-4-13(12-15(17)5-2)10-11-14-8-6-7-9-16(14)18-3/h4-5,8-9,12H,2,6-7,10-11,17H2,1,3H3/b13-4-,15-12+. The van der Waals surface area contributed by atoms with E-state index in [0.717, 1.165) is 18.5 Å². The Morgan fingerprint density at radius 3 is 2.78 bits per heavy atom. The van der Waals surface area contributed by atoms with Crippen LogP contribution < -0.4 is 5.73 Å². The van der Waals surface area contributed by atoms with Crippen molar-refractivity contribution in [2.24, 2.45) is 5.73 Å². The van der Waals surface area contributed by atoms with Crippen LogP contribution in [-0.4, -0.2) is 6.26 Å². The van der Waals surface area contributed by atoms with Crippen LogP contribution in [0.15, 0.2) is 58.7 Å². The van der Waals surface area contributed by atoms with Gasteiger partial charge in [-0.05, 0) is 62.2 Å². The minimum Gasteiger partial charge on any atom is -0.399 e. The number of hydrogen-bond donors (Lipinski definition) is 1. The van der Waals surface area contributed by atoms with Gasteiger partial charge in [-0.3, -0.25) is 0 Å². The normalized spacial score (nSPS) is 17.2. The van der Waals surface area contributed by atoms with E-state index >= 15 is 0 Å².